The average Bonchev–Trinajstić information content (AvgIpc) is 2.95. The first-order valence-corrected chi connectivity index (χ1v) is 10.4. The number of aryl methyl sites for hydroxylation is 1. The molecule has 0 spiro atoms. The van der Waals surface area contributed by atoms with Crippen LogP contribution in [0.5, 0.6) is 0 Å². The first-order chi connectivity index (χ1) is 12.0. The van der Waals surface area contributed by atoms with Gasteiger partial charge in [-0.3, -0.25) is 0 Å². The standard InChI is InChI=1S/C18H24N4O2S/c1-3-22(16-8-9-25(23,24)12-16)18-10-17(20-13-21-18)19-11-15-7-5-4-6-14(15)2/h4-7,10,13,16H,3,8-9,11-12H2,1-2H3,(H,19,20,21). The molecule has 1 N–H and O–H groups in total. The summed E-state index contributed by atoms with van der Waals surface area (Å²) in [5, 5.41) is 3.33. The number of rotatable bonds is 6. The third-order valence-corrected chi connectivity index (χ3v) is 6.41. The minimum Gasteiger partial charge on any atom is -0.366 e. The summed E-state index contributed by atoms with van der Waals surface area (Å²) < 4.78 is 23.6. The Morgan fingerprint density at radius 2 is 2.08 bits per heavy atom. The number of benzene rings is 1. The summed E-state index contributed by atoms with van der Waals surface area (Å²) in [4.78, 5) is 10.7. The molecule has 1 aromatic carbocycles. The fraction of sp³-hybridized carbons (Fsp3) is 0.444. The second-order valence-electron chi connectivity index (χ2n) is 6.38. The van der Waals surface area contributed by atoms with Crippen molar-refractivity contribution in [3.05, 3.63) is 47.8 Å². The van der Waals surface area contributed by atoms with Crippen LogP contribution in [0, 0.1) is 6.92 Å². The Morgan fingerprint density at radius 3 is 2.76 bits per heavy atom. The van der Waals surface area contributed by atoms with Gasteiger partial charge in [-0.1, -0.05) is 24.3 Å². The van der Waals surface area contributed by atoms with Crippen LogP contribution in [0.3, 0.4) is 0 Å². The van der Waals surface area contributed by atoms with Gasteiger partial charge >= 0.3 is 0 Å². The van der Waals surface area contributed by atoms with E-state index in [1.807, 2.05) is 25.1 Å². The number of nitrogens with zero attached hydrogens (tertiary/aromatic N) is 3. The van der Waals surface area contributed by atoms with Crippen molar-refractivity contribution in [2.75, 3.05) is 28.3 Å². The van der Waals surface area contributed by atoms with Gasteiger partial charge in [-0.2, -0.15) is 0 Å². The zero-order valence-electron chi connectivity index (χ0n) is 14.6. The van der Waals surface area contributed by atoms with Crippen LogP contribution in [0.1, 0.15) is 24.5 Å². The molecule has 6 nitrogen and oxygen atoms in total. The lowest BCUT2D eigenvalue weighted by molar-refractivity contribution is 0.599. The van der Waals surface area contributed by atoms with Crippen molar-refractivity contribution in [2.24, 2.45) is 0 Å². The molecule has 1 saturated heterocycles. The Kier molecular flexibility index (Phi) is 5.22. The second-order valence-corrected chi connectivity index (χ2v) is 8.61. The van der Waals surface area contributed by atoms with Gasteiger partial charge in [0.05, 0.1) is 11.5 Å². The molecule has 1 aliphatic rings. The Balaban J connectivity index is 1.73. The van der Waals surface area contributed by atoms with Crippen molar-refractivity contribution < 1.29 is 8.42 Å². The normalized spacial score (nSPS) is 18.9. The molecule has 25 heavy (non-hydrogen) atoms. The molecule has 1 aliphatic heterocycles. The minimum atomic E-state index is -2.92. The largest absolute Gasteiger partial charge is 0.366 e. The van der Waals surface area contributed by atoms with E-state index in [1.54, 1.807) is 0 Å². The third-order valence-electron chi connectivity index (χ3n) is 4.66. The summed E-state index contributed by atoms with van der Waals surface area (Å²) in [6, 6.07) is 10.1. The third kappa shape index (κ3) is 4.28. The van der Waals surface area contributed by atoms with Gasteiger partial charge < -0.3 is 10.2 Å². The number of hydrogen-bond donors (Lipinski definition) is 1. The molecule has 0 bridgehead atoms. The molecule has 0 amide bonds. The Morgan fingerprint density at radius 1 is 1.28 bits per heavy atom. The number of sulfone groups is 1. The molecule has 0 radical (unpaired) electrons. The quantitative estimate of drug-likeness (QED) is 0.853. The summed E-state index contributed by atoms with van der Waals surface area (Å²) in [6.07, 6.45) is 2.19. The zero-order valence-corrected chi connectivity index (χ0v) is 15.5. The van der Waals surface area contributed by atoms with E-state index in [9.17, 15) is 8.42 Å². The number of anilines is 2. The summed E-state index contributed by atoms with van der Waals surface area (Å²) in [6.45, 7) is 5.51. The Bertz CT molecular complexity index is 838. The summed E-state index contributed by atoms with van der Waals surface area (Å²) in [5.41, 5.74) is 2.45. The molecule has 3 rings (SSSR count). The molecular formula is C18H24N4O2S. The molecule has 1 atom stereocenters. The van der Waals surface area contributed by atoms with Gasteiger partial charge in [-0.25, -0.2) is 18.4 Å². The lowest BCUT2D eigenvalue weighted by Crippen LogP contribution is -2.36. The maximum absolute atomic E-state index is 11.8. The molecule has 1 unspecified atom stereocenters. The monoisotopic (exact) mass is 360 g/mol. The molecule has 0 aliphatic carbocycles. The van der Waals surface area contributed by atoms with Gasteiger partial charge in [0.15, 0.2) is 9.84 Å². The zero-order chi connectivity index (χ0) is 17.9. The fourth-order valence-electron chi connectivity index (χ4n) is 3.22. The van der Waals surface area contributed by atoms with Crippen LogP contribution in [-0.4, -0.2) is 42.5 Å². The van der Waals surface area contributed by atoms with E-state index in [-0.39, 0.29) is 17.5 Å². The van der Waals surface area contributed by atoms with E-state index in [4.69, 9.17) is 0 Å². The smallest absolute Gasteiger partial charge is 0.152 e. The van der Waals surface area contributed by atoms with Crippen LogP contribution in [0.15, 0.2) is 36.7 Å². The predicted molar refractivity (Wildman–Crippen MR) is 101 cm³/mol. The van der Waals surface area contributed by atoms with Crippen LogP contribution in [0.2, 0.25) is 0 Å². The van der Waals surface area contributed by atoms with Crippen molar-refractivity contribution >= 4 is 21.5 Å². The highest BCUT2D eigenvalue weighted by Crippen LogP contribution is 2.24. The van der Waals surface area contributed by atoms with Crippen LogP contribution in [0.4, 0.5) is 11.6 Å². The highest BCUT2D eigenvalue weighted by atomic mass is 32.2. The predicted octanol–water partition coefficient (Wildman–Crippen LogP) is 2.41. The molecular weight excluding hydrogens is 336 g/mol. The van der Waals surface area contributed by atoms with Crippen LogP contribution in [-0.2, 0) is 16.4 Å². The minimum absolute atomic E-state index is 0.00545. The highest BCUT2D eigenvalue weighted by Gasteiger charge is 2.32. The molecule has 1 aromatic heterocycles. The van der Waals surface area contributed by atoms with Crippen LogP contribution in [0.25, 0.3) is 0 Å². The first kappa shape index (κ1) is 17.7. The number of nitrogens with one attached hydrogen (secondary N) is 1. The molecule has 2 heterocycles. The van der Waals surface area contributed by atoms with E-state index < -0.39 is 9.84 Å². The lowest BCUT2D eigenvalue weighted by atomic mass is 10.1. The molecule has 134 valence electrons. The van der Waals surface area contributed by atoms with E-state index in [2.05, 4.69) is 39.2 Å². The first-order valence-electron chi connectivity index (χ1n) is 8.56. The molecule has 0 saturated carbocycles. The average molecular weight is 360 g/mol. The fourth-order valence-corrected chi connectivity index (χ4v) is 4.95. The van der Waals surface area contributed by atoms with Crippen molar-refractivity contribution in [1.29, 1.82) is 0 Å². The van der Waals surface area contributed by atoms with Crippen molar-refractivity contribution in [3.8, 4) is 0 Å². The van der Waals surface area contributed by atoms with Crippen LogP contribution < -0.4 is 10.2 Å². The van der Waals surface area contributed by atoms with Gasteiger partial charge in [0.2, 0.25) is 0 Å². The summed E-state index contributed by atoms with van der Waals surface area (Å²) >= 11 is 0. The van der Waals surface area contributed by atoms with Crippen LogP contribution >= 0.6 is 0 Å². The highest BCUT2D eigenvalue weighted by molar-refractivity contribution is 7.91. The van der Waals surface area contributed by atoms with E-state index in [1.165, 1.54) is 17.5 Å². The van der Waals surface area contributed by atoms with Crippen molar-refractivity contribution in [1.82, 2.24) is 9.97 Å². The SMILES string of the molecule is CCN(c1cc(NCc2ccccc2C)ncn1)C1CCS(=O)(=O)C1. The van der Waals surface area contributed by atoms with Gasteiger partial charge in [-0.15, -0.1) is 0 Å². The summed E-state index contributed by atoms with van der Waals surface area (Å²) in [7, 11) is -2.92. The molecule has 2 aromatic rings. The number of hydrogen-bond acceptors (Lipinski definition) is 6. The lowest BCUT2D eigenvalue weighted by Gasteiger charge is -2.28. The Hall–Kier alpha value is -2.15. The van der Waals surface area contributed by atoms with Crippen molar-refractivity contribution in [3.63, 3.8) is 0 Å². The maximum atomic E-state index is 11.8. The van der Waals surface area contributed by atoms with Gasteiger partial charge in [-0.05, 0) is 31.4 Å². The van der Waals surface area contributed by atoms with Gasteiger partial charge in [0.25, 0.3) is 0 Å². The summed E-state index contributed by atoms with van der Waals surface area (Å²) in [5.74, 6) is 1.98. The topological polar surface area (TPSA) is 75.2 Å². The van der Waals surface area contributed by atoms with E-state index >= 15 is 0 Å². The van der Waals surface area contributed by atoms with E-state index in [0.29, 0.717) is 19.5 Å². The van der Waals surface area contributed by atoms with E-state index in [0.717, 1.165) is 11.6 Å². The maximum Gasteiger partial charge on any atom is 0.152 e. The van der Waals surface area contributed by atoms with Crippen molar-refractivity contribution in [2.45, 2.75) is 32.9 Å². The Labute approximate surface area is 149 Å². The number of aromatic nitrogens is 2. The van der Waals surface area contributed by atoms with Gasteiger partial charge in [0.1, 0.15) is 18.0 Å². The second kappa shape index (κ2) is 7.39. The molecule has 7 heteroatoms. The molecule has 1 fully saturated rings. The van der Waals surface area contributed by atoms with Gasteiger partial charge in [0, 0.05) is 25.2 Å².